The Labute approximate surface area is 129 Å². The summed E-state index contributed by atoms with van der Waals surface area (Å²) >= 11 is 0. The molecule has 6 heteroatoms. The van der Waals surface area contributed by atoms with Gasteiger partial charge in [-0.15, -0.1) is 0 Å². The summed E-state index contributed by atoms with van der Waals surface area (Å²) in [6.07, 6.45) is -0.150. The highest BCUT2D eigenvalue weighted by Crippen LogP contribution is 2.26. The average Bonchev–Trinajstić information content (AvgIpc) is 2.91. The first-order valence-electron chi connectivity index (χ1n) is 7.23. The second-order valence-corrected chi connectivity index (χ2v) is 5.59. The van der Waals surface area contributed by atoms with Gasteiger partial charge in [-0.2, -0.15) is 0 Å². The van der Waals surface area contributed by atoms with Crippen molar-refractivity contribution in [3.8, 4) is 5.75 Å². The van der Waals surface area contributed by atoms with Crippen LogP contribution in [0.3, 0.4) is 0 Å². The number of carbonyl (C=O) groups excluding carboxylic acids is 2. The van der Waals surface area contributed by atoms with Gasteiger partial charge in [0.25, 0.3) is 0 Å². The second-order valence-electron chi connectivity index (χ2n) is 5.59. The fourth-order valence-electron chi connectivity index (χ4n) is 2.54. The van der Waals surface area contributed by atoms with Gasteiger partial charge in [-0.1, -0.05) is 26.0 Å². The van der Waals surface area contributed by atoms with Gasteiger partial charge in [-0.05, 0) is 12.1 Å². The van der Waals surface area contributed by atoms with Crippen molar-refractivity contribution in [1.29, 1.82) is 0 Å². The highest BCUT2D eigenvalue weighted by Gasteiger charge is 2.42. The Kier molecular flexibility index (Phi) is 5.00. The maximum Gasteiger partial charge on any atom is 0.328 e. The third-order valence-corrected chi connectivity index (χ3v) is 3.64. The number of halogens is 1. The molecular weight excluding hydrogens is 289 g/mol. The maximum atomic E-state index is 13.7. The van der Waals surface area contributed by atoms with E-state index >= 15 is 0 Å². The number of likely N-dealkylation sites (tertiary alicyclic amines) is 1. The SMILES string of the molecule is COC(=O)C1CC(Oc2ccccc2F)CN1C(=O)C(C)C. The van der Waals surface area contributed by atoms with Gasteiger partial charge >= 0.3 is 5.97 Å². The van der Waals surface area contributed by atoms with Crippen molar-refractivity contribution in [2.45, 2.75) is 32.4 Å². The highest BCUT2D eigenvalue weighted by molar-refractivity contribution is 5.86. The van der Waals surface area contributed by atoms with Crippen molar-refractivity contribution in [3.63, 3.8) is 0 Å². The molecule has 1 aromatic rings. The number of rotatable bonds is 4. The van der Waals surface area contributed by atoms with E-state index in [0.717, 1.165) is 0 Å². The van der Waals surface area contributed by atoms with Crippen molar-refractivity contribution in [2.75, 3.05) is 13.7 Å². The summed E-state index contributed by atoms with van der Waals surface area (Å²) in [5, 5.41) is 0. The lowest BCUT2D eigenvalue weighted by Gasteiger charge is -2.24. The fraction of sp³-hybridized carbons (Fsp3) is 0.500. The van der Waals surface area contributed by atoms with Crippen LogP contribution in [0.1, 0.15) is 20.3 Å². The molecular formula is C16H20FNO4. The summed E-state index contributed by atoms with van der Waals surface area (Å²) in [5.41, 5.74) is 0. The summed E-state index contributed by atoms with van der Waals surface area (Å²) in [6.45, 7) is 3.77. The van der Waals surface area contributed by atoms with Gasteiger partial charge in [0.05, 0.1) is 13.7 Å². The van der Waals surface area contributed by atoms with Crippen molar-refractivity contribution in [1.82, 2.24) is 4.90 Å². The largest absolute Gasteiger partial charge is 0.485 e. The molecule has 1 aliphatic heterocycles. The summed E-state index contributed by atoms with van der Waals surface area (Å²) in [5.74, 6) is -1.20. The van der Waals surface area contributed by atoms with E-state index in [1.165, 1.54) is 24.1 Å². The number of carbonyl (C=O) groups is 2. The van der Waals surface area contributed by atoms with Crippen LogP contribution in [0.15, 0.2) is 24.3 Å². The van der Waals surface area contributed by atoms with Gasteiger partial charge in [-0.3, -0.25) is 4.79 Å². The lowest BCUT2D eigenvalue weighted by Crippen LogP contribution is -2.43. The number of methoxy groups -OCH3 is 1. The molecule has 0 aliphatic carbocycles. The van der Waals surface area contributed by atoms with E-state index in [-0.39, 0.29) is 24.1 Å². The first kappa shape index (κ1) is 16.3. The molecule has 1 aromatic carbocycles. The first-order valence-corrected chi connectivity index (χ1v) is 7.23. The molecule has 1 amide bonds. The van der Waals surface area contributed by atoms with E-state index < -0.39 is 23.9 Å². The van der Waals surface area contributed by atoms with Gasteiger partial charge in [0.2, 0.25) is 5.91 Å². The Morgan fingerprint density at radius 3 is 2.59 bits per heavy atom. The number of esters is 1. The summed E-state index contributed by atoms with van der Waals surface area (Å²) in [6, 6.07) is 5.39. The highest BCUT2D eigenvalue weighted by atomic mass is 19.1. The molecule has 22 heavy (non-hydrogen) atoms. The Balaban J connectivity index is 2.14. The zero-order chi connectivity index (χ0) is 16.3. The summed E-state index contributed by atoms with van der Waals surface area (Å²) in [4.78, 5) is 25.6. The lowest BCUT2D eigenvalue weighted by molar-refractivity contribution is -0.152. The van der Waals surface area contributed by atoms with Crippen LogP contribution in [0.4, 0.5) is 4.39 Å². The van der Waals surface area contributed by atoms with Crippen molar-refractivity contribution < 1.29 is 23.5 Å². The topological polar surface area (TPSA) is 55.8 Å². The minimum atomic E-state index is -0.684. The minimum Gasteiger partial charge on any atom is -0.485 e. The van der Waals surface area contributed by atoms with Crippen molar-refractivity contribution in [3.05, 3.63) is 30.1 Å². The van der Waals surface area contributed by atoms with E-state index in [2.05, 4.69) is 0 Å². The molecule has 2 unspecified atom stereocenters. The lowest BCUT2D eigenvalue weighted by atomic mass is 10.1. The fourth-order valence-corrected chi connectivity index (χ4v) is 2.54. The van der Waals surface area contributed by atoms with Gasteiger partial charge < -0.3 is 14.4 Å². The van der Waals surface area contributed by atoms with Crippen LogP contribution >= 0.6 is 0 Å². The number of hydrogen-bond donors (Lipinski definition) is 0. The smallest absolute Gasteiger partial charge is 0.328 e. The van der Waals surface area contributed by atoms with Gasteiger partial charge in [0, 0.05) is 12.3 Å². The summed E-state index contributed by atoms with van der Waals surface area (Å²) in [7, 11) is 1.28. The van der Waals surface area contributed by atoms with Crippen molar-refractivity contribution >= 4 is 11.9 Å². The molecule has 2 atom stereocenters. The average molecular weight is 309 g/mol. The Hall–Kier alpha value is -2.11. The number of ether oxygens (including phenoxy) is 2. The third kappa shape index (κ3) is 3.37. The molecule has 5 nitrogen and oxygen atoms in total. The predicted octanol–water partition coefficient (Wildman–Crippen LogP) is 2.00. The normalized spacial score (nSPS) is 21.0. The van der Waals surface area contributed by atoms with E-state index in [1.807, 2.05) is 0 Å². The van der Waals surface area contributed by atoms with Crippen LogP contribution in [0.2, 0.25) is 0 Å². The third-order valence-electron chi connectivity index (χ3n) is 3.64. The monoisotopic (exact) mass is 309 g/mol. The number of nitrogens with zero attached hydrogens (tertiary/aromatic N) is 1. The molecule has 120 valence electrons. The van der Waals surface area contributed by atoms with E-state index in [1.54, 1.807) is 26.0 Å². The van der Waals surface area contributed by atoms with E-state index in [0.29, 0.717) is 6.42 Å². The molecule has 0 N–H and O–H groups in total. The van der Waals surface area contributed by atoms with Crippen LogP contribution in [0, 0.1) is 11.7 Å². The van der Waals surface area contributed by atoms with Crippen LogP contribution in [-0.2, 0) is 14.3 Å². The molecule has 0 bridgehead atoms. The molecule has 0 spiro atoms. The molecule has 0 saturated carbocycles. The molecule has 1 aliphatic rings. The van der Waals surface area contributed by atoms with Crippen LogP contribution in [0.25, 0.3) is 0 Å². The van der Waals surface area contributed by atoms with E-state index in [9.17, 15) is 14.0 Å². The maximum absolute atomic E-state index is 13.7. The number of amides is 1. The number of hydrogen-bond acceptors (Lipinski definition) is 4. The molecule has 1 heterocycles. The quantitative estimate of drug-likeness (QED) is 0.798. The zero-order valence-corrected chi connectivity index (χ0v) is 12.9. The van der Waals surface area contributed by atoms with Crippen molar-refractivity contribution in [2.24, 2.45) is 5.92 Å². The first-order chi connectivity index (χ1) is 10.4. The van der Waals surface area contributed by atoms with Crippen LogP contribution < -0.4 is 4.74 Å². The van der Waals surface area contributed by atoms with Crippen LogP contribution in [0.5, 0.6) is 5.75 Å². The molecule has 0 radical (unpaired) electrons. The van der Waals surface area contributed by atoms with Gasteiger partial charge in [-0.25, -0.2) is 9.18 Å². The zero-order valence-electron chi connectivity index (χ0n) is 12.9. The number of benzene rings is 1. The van der Waals surface area contributed by atoms with Gasteiger partial charge in [0.15, 0.2) is 11.6 Å². The predicted molar refractivity (Wildman–Crippen MR) is 77.8 cm³/mol. The van der Waals surface area contributed by atoms with Crippen LogP contribution in [-0.4, -0.2) is 42.6 Å². The number of para-hydroxylation sites is 1. The molecule has 0 aromatic heterocycles. The van der Waals surface area contributed by atoms with E-state index in [4.69, 9.17) is 9.47 Å². The Morgan fingerprint density at radius 1 is 1.32 bits per heavy atom. The molecule has 1 fully saturated rings. The molecule has 2 rings (SSSR count). The minimum absolute atomic E-state index is 0.120. The van der Waals surface area contributed by atoms with Gasteiger partial charge in [0.1, 0.15) is 12.1 Å². The Bertz CT molecular complexity index is 561. The molecule has 1 saturated heterocycles. The Morgan fingerprint density at radius 2 is 2.00 bits per heavy atom. The summed E-state index contributed by atoms with van der Waals surface area (Å²) < 4.78 is 24.0. The second kappa shape index (κ2) is 6.77. The standard InChI is InChI=1S/C16H20FNO4/c1-10(2)15(19)18-9-11(8-13(18)16(20)21-3)22-14-7-5-4-6-12(14)17/h4-7,10-11,13H,8-9H2,1-3H3.